The van der Waals surface area contributed by atoms with Crippen LogP contribution in [0.5, 0.6) is 0 Å². The molecule has 0 saturated carbocycles. The predicted octanol–water partition coefficient (Wildman–Crippen LogP) is 4.52. The van der Waals surface area contributed by atoms with Crippen molar-refractivity contribution in [2.75, 3.05) is 18.5 Å². The highest BCUT2D eigenvalue weighted by molar-refractivity contribution is 5.96. The highest BCUT2D eigenvalue weighted by Gasteiger charge is 2.33. The third-order valence-electron chi connectivity index (χ3n) is 6.59. The van der Waals surface area contributed by atoms with E-state index in [1.807, 2.05) is 36.4 Å². The zero-order valence-corrected chi connectivity index (χ0v) is 19.0. The molecule has 2 N–H and O–H groups in total. The fraction of sp³-hybridized carbons (Fsp3) is 0.259. The minimum absolute atomic E-state index is 0.0684. The Hall–Kier alpha value is -4.20. The molecule has 8 heteroatoms. The van der Waals surface area contributed by atoms with Gasteiger partial charge in [-0.3, -0.25) is 10.1 Å². The van der Waals surface area contributed by atoms with E-state index < -0.39 is 24.0 Å². The van der Waals surface area contributed by atoms with Crippen molar-refractivity contribution in [2.45, 2.75) is 31.2 Å². The first-order valence-electron chi connectivity index (χ1n) is 11.7. The molecule has 2 amide bonds. The second-order valence-electron chi connectivity index (χ2n) is 8.71. The molecule has 2 aliphatic rings. The van der Waals surface area contributed by atoms with Crippen LogP contribution in [0.4, 0.5) is 10.6 Å². The summed E-state index contributed by atoms with van der Waals surface area (Å²) >= 11 is 0. The number of carbonyl (C=O) groups excluding carboxylic acids is 2. The number of likely N-dealkylation sites (tertiary alicyclic amines) is 1. The number of rotatable bonds is 5. The lowest BCUT2D eigenvalue weighted by atomic mass is 9.98. The number of fused-ring (bicyclic) bond motifs is 3. The molecule has 5 rings (SSSR count). The molecule has 178 valence electrons. The van der Waals surface area contributed by atoms with Gasteiger partial charge in [0.25, 0.3) is 5.91 Å². The highest BCUT2D eigenvalue weighted by atomic mass is 16.5. The first-order valence-corrected chi connectivity index (χ1v) is 11.7. The molecule has 0 spiro atoms. The maximum Gasteiger partial charge on any atom is 0.412 e. The van der Waals surface area contributed by atoms with Gasteiger partial charge < -0.3 is 14.7 Å². The van der Waals surface area contributed by atoms with Crippen LogP contribution in [-0.4, -0.2) is 52.2 Å². The second-order valence-corrected chi connectivity index (χ2v) is 8.71. The summed E-state index contributed by atoms with van der Waals surface area (Å²) in [6.07, 6.45) is 1.24. The van der Waals surface area contributed by atoms with Crippen molar-refractivity contribution in [3.05, 3.63) is 83.6 Å². The van der Waals surface area contributed by atoms with Crippen molar-refractivity contribution in [3.8, 4) is 11.1 Å². The number of carboxylic acid groups (broad SMARTS) is 1. The van der Waals surface area contributed by atoms with Crippen LogP contribution in [0.1, 0.15) is 46.8 Å². The number of carbonyl (C=O) groups is 3. The Morgan fingerprint density at radius 3 is 2.31 bits per heavy atom. The van der Waals surface area contributed by atoms with Crippen molar-refractivity contribution in [3.63, 3.8) is 0 Å². The first kappa shape index (κ1) is 22.6. The smallest absolute Gasteiger partial charge is 0.412 e. The summed E-state index contributed by atoms with van der Waals surface area (Å²) in [6, 6.07) is 20.0. The lowest BCUT2D eigenvalue weighted by Crippen LogP contribution is -2.48. The second kappa shape index (κ2) is 9.58. The number of carboxylic acids is 1. The average Bonchev–Trinajstić information content (AvgIpc) is 3.21. The van der Waals surface area contributed by atoms with Gasteiger partial charge in [-0.05, 0) is 53.6 Å². The fourth-order valence-electron chi connectivity index (χ4n) is 4.94. The lowest BCUT2D eigenvalue weighted by Gasteiger charge is -2.32. The van der Waals surface area contributed by atoms with Crippen LogP contribution in [0.2, 0.25) is 0 Å². The Balaban J connectivity index is 1.26. The van der Waals surface area contributed by atoms with E-state index in [2.05, 4.69) is 22.4 Å². The average molecular weight is 472 g/mol. The zero-order valence-electron chi connectivity index (χ0n) is 19.0. The predicted molar refractivity (Wildman–Crippen MR) is 129 cm³/mol. The number of piperidine rings is 1. The largest absolute Gasteiger partial charge is 0.480 e. The Morgan fingerprint density at radius 2 is 1.63 bits per heavy atom. The van der Waals surface area contributed by atoms with Crippen LogP contribution in [0.3, 0.4) is 0 Å². The van der Waals surface area contributed by atoms with E-state index in [1.165, 1.54) is 11.0 Å². The number of aliphatic carboxylic acids is 1. The minimum atomic E-state index is -1.02. The van der Waals surface area contributed by atoms with Crippen LogP contribution < -0.4 is 5.32 Å². The minimum Gasteiger partial charge on any atom is -0.480 e. The fourth-order valence-corrected chi connectivity index (χ4v) is 4.94. The van der Waals surface area contributed by atoms with Gasteiger partial charge in [0, 0.05) is 12.5 Å². The summed E-state index contributed by atoms with van der Waals surface area (Å²) in [5.41, 5.74) is 4.59. The van der Waals surface area contributed by atoms with E-state index in [4.69, 9.17) is 4.74 Å². The molecule has 2 aromatic carbocycles. The third-order valence-corrected chi connectivity index (χ3v) is 6.59. The maximum absolute atomic E-state index is 12.9. The zero-order chi connectivity index (χ0) is 24.4. The van der Waals surface area contributed by atoms with Crippen molar-refractivity contribution >= 4 is 23.8 Å². The number of nitrogens with zero attached hydrogens (tertiary/aromatic N) is 2. The van der Waals surface area contributed by atoms with Crippen LogP contribution >= 0.6 is 0 Å². The standard InChI is InChI=1S/C27H25N3O5/c31-25(30-15-6-5-13-23(30)26(32)33)22-12-7-14-24(28-22)29-27(34)35-16-21-19-10-3-1-8-17(19)18-9-2-4-11-20(18)21/h1-4,7-12,14,21,23H,5-6,13,15-16H2,(H,32,33)(H,28,29,34). The number of aromatic nitrogens is 1. The molecule has 1 aromatic heterocycles. The van der Waals surface area contributed by atoms with Gasteiger partial charge in [0.1, 0.15) is 24.2 Å². The lowest BCUT2D eigenvalue weighted by molar-refractivity contribution is -0.143. The quantitative estimate of drug-likeness (QED) is 0.566. The van der Waals surface area contributed by atoms with E-state index in [1.54, 1.807) is 12.1 Å². The summed E-state index contributed by atoms with van der Waals surface area (Å²) in [5, 5.41) is 12.0. The van der Waals surface area contributed by atoms with Gasteiger partial charge in [-0.15, -0.1) is 0 Å². The number of hydrogen-bond acceptors (Lipinski definition) is 5. The van der Waals surface area contributed by atoms with E-state index in [0.29, 0.717) is 13.0 Å². The number of ether oxygens (including phenoxy) is 1. The molecular weight excluding hydrogens is 446 g/mol. The van der Waals surface area contributed by atoms with Gasteiger partial charge in [0.05, 0.1) is 0 Å². The normalized spacial score (nSPS) is 16.8. The van der Waals surface area contributed by atoms with Crippen LogP contribution in [0.25, 0.3) is 11.1 Å². The topological polar surface area (TPSA) is 109 Å². The van der Waals surface area contributed by atoms with Crippen molar-refractivity contribution in [2.24, 2.45) is 0 Å². The van der Waals surface area contributed by atoms with E-state index >= 15 is 0 Å². The molecule has 1 aliphatic carbocycles. The van der Waals surface area contributed by atoms with Gasteiger partial charge in [-0.25, -0.2) is 14.6 Å². The number of anilines is 1. The summed E-state index contributed by atoms with van der Waals surface area (Å²) in [7, 11) is 0. The maximum atomic E-state index is 12.9. The SMILES string of the molecule is O=C(Nc1cccc(C(=O)N2CCCCC2C(=O)O)n1)OCC1c2ccccc2-c2ccccc21. The van der Waals surface area contributed by atoms with Crippen molar-refractivity contribution in [1.29, 1.82) is 0 Å². The van der Waals surface area contributed by atoms with Gasteiger partial charge in [-0.1, -0.05) is 54.6 Å². The molecule has 8 nitrogen and oxygen atoms in total. The van der Waals surface area contributed by atoms with E-state index in [0.717, 1.165) is 35.1 Å². The number of amides is 2. The van der Waals surface area contributed by atoms with Crippen LogP contribution in [-0.2, 0) is 9.53 Å². The Morgan fingerprint density at radius 1 is 0.943 bits per heavy atom. The van der Waals surface area contributed by atoms with Gasteiger partial charge >= 0.3 is 12.1 Å². The number of nitrogens with one attached hydrogen (secondary N) is 1. The third kappa shape index (κ3) is 4.47. The number of hydrogen-bond donors (Lipinski definition) is 2. The first-order chi connectivity index (χ1) is 17.0. The molecule has 0 radical (unpaired) electrons. The summed E-state index contributed by atoms with van der Waals surface area (Å²) < 4.78 is 5.55. The van der Waals surface area contributed by atoms with Crippen LogP contribution in [0.15, 0.2) is 66.7 Å². The highest BCUT2D eigenvalue weighted by Crippen LogP contribution is 2.44. The Kier molecular flexibility index (Phi) is 6.18. The van der Waals surface area contributed by atoms with Gasteiger partial charge in [0.15, 0.2) is 0 Å². The molecule has 1 saturated heterocycles. The van der Waals surface area contributed by atoms with Gasteiger partial charge in [-0.2, -0.15) is 0 Å². The molecule has 1 unspecified atom stereocenters. The molecule has 0 bridgehead atoms. The molecule has 3 aromatic rings. The molecule has 1 fully saturated rings. The number of pyridine rings is 1. The molecule has 35 heavy (non-hydrogen) atoms. The van der Waals surface area contributed by atoms with Gasteiger partial charge in [0.2, 0.25) is 0 Å². The molecule has 1 atom stereocenters. The number of benzene rings is 2. The van der Waals surface area contributed by atoms with E-state index in [-0.39, 0.29) is 24.0 Å². The Labute approximate surface area is 202 Å². The summed E-state index contributed by atoms with van der Waals surface area (Å²) in [4.78, 5) is 42.6. The van der Waals surface area contributed by atoms with E-state index in [9.17, 15) is 19.5 Å². The molecule has 1 aliphatic heterocycles. The van der Waals surface area contributed by atoms with Crippen LogP contribution in [0, 0.1) is 0 Å². The van der Waals surface area contributed by atoms with Crippen molar-refractivity contribution < 1.29 is 24.2 Å². The van der Waals surface area contributed by atoms with Crippen molar-refractivity contribution in [1.82, 2.24) is 9.88 Å². The Bertz CT molecular complexity index is 1250. The molecular formula is C27H25N3O5. The monoisotopic (exact) mass is 471 g/mol. The molecule has 2 heterocycles. The summed E-state index contributed by atoms with van der Waals surface area (Å²) in [6.45, 7) is 0.522. The summed E-state index contributed by atoms with van der Waals surface area (Å²) in [5.74, 6) is -1.39.